The predicted octanol–water partition coefficient (Wildman–Crippen LogP) is 4.54. The Balaban J connectivity index is 2.35. The lowest BCUT2D eigenvalue weighted by molar-refractivity contribution is -0.744. The smallest absolute Gasteiger partial charge is 0.182 e. The second-order valence-corrected chi connectivity index (χ2v) is 8.54. The molecule has 0 saturated carbocycles. The molecule has 3 rings (SSSR count). The SMILES string of the molecule is C=C/C=c1/ccc2[n+](/c1=C/CCC(C)C)C(C)(C)c1c(C)cc(C)cc1-2. The summed E-state index contributed by atoms with van der Waals surface area (Å²) < 4.78 is 2.54. The zero-order valence-corrected chi connectivity index (χ0v) is 17.2. The number of allylic oxidation sites excluding steroid dienone is 1. The van der Waals surface area contributed by atoms with Crippen molar-refractivity contribution in [1.29, 1.82) is 0 Å². The van der Waals surface area contributed by atoms with Gasteiger partial charge in [0.05, 0.1) is 5.56 Å². The van der Waals surface area contributed by atoms with Gasteiger partial charge in [-0.3, -0.25) is 0 Å². The standard InChI is InChI=1S/C25H32N/c1-8-10-20-13-14-23-21-16-18(4)15-19(5)24(21)25(6,7)26(23)22(20)12-9-11-17(2)3/h8,10,12-17H,1,9,11H2,2-7H3/q+1/b20-10-,22-12+. The highest BCUT2D eigenvalue weighted by Gasteiger charge is 2.45. The fourth-order valence-corrected chi connectivity index (χ4v) is 4.52. The van der Waals surface area contributed by atoms with Crippen LogP contribution in [0.2, 0.25) is 0 Å². The molecule has 1 aromatic heterocycles. The van der Waals surface area contributed by atoms with Crippen molar-refractivity contribution < 1.29 is 4.57 Å². The van der Waals surface area contributed by atoms with Crippen LogP contribution in [-0.2, 0) is 5.54 Å². The van der Waals surface area contributed by atoms with Crippen molar-refractivity contribution in [3.63, 3.8) is 0 Å². The third-order valence-corrected chi connectivity index (χ3v) is 5.50. The van der Waals surface area contributed by atoms with Gasteiger partial charge in [-0.15, -0.1) is 0 Å². The second kappa shape index (κ2) is 6.87. The summed E-state index contributed by atoms with van der Waals surface area (Å²) in [6.45, 7) is 17.6. The van der Waals surface area contributed by atoms with Gasteiger partial charge in [0.15, 0.2) is 5.54 Å². The molecule has 0 fully saturated rings. The quantitative estimate of drug-likeness (QED) is 0.716. The lowest BCUT2D eigenvalue weighted by Crippen LogP contribution is -2.66. The molecule has 1 aliphatic heterocycles. The summed E-state index contributed by atoms with van der Waals surface area (Å²) in [5.74, 6) is 0.718. The molecule has 0 spiro atoms. The van der Waals surface area contributed by atoms with Gasteiger partial charge < -0.3 is 0 Å². The van der Waals surface area contributed by atoms with Crippen molar-refractivity contribution in [2.75, 3.05) is 0 Å². The van der Waals surface area contributed by atoms with Crippen molar-refractivity contribution in [2.24, 2.45) is 5.92 Å². The normalized spacial score (nSPS) is 16.1. The van der Waals surface area contributed by atoms with Crippen molar-refractivity contribution in [2.45, 2.75) is 59.9 Å². The van der Waals surface area contributed by atoms with Crippen LogP contribution in [0.1, 0.15) is 57.2 Å². The summed E-state index contributed by atoms with van der Waals surface area (Å²) in [7, 11) is 0. The number of hydrogen-bond acceptors (Lipinski definition) is 0. The summed E-state index contributed by atoms with van der Waals surface area (Å²) >= 11 is 0. The molecule has 136 valence electrons. The van der Waals surface area contributed by atoms with E-state index >= 15 is 0 Å². The molecule has 0 amide bonds. The Morgan fingerprint density at radius 2 is 1.88 bits per heavy atom. The molecule has 26 heavy (non-hydrogen) atoms. The molecule has 1 nitrogen and oxygen atoms in total. The largest absolute Gasteiger partial charge is 0.214 e. The molecular formula is C25H32N+. The third kappa shape index (κ3) is 3.05. The van der Waals surface area contributed by atoms with Crippen LogP contribution < -0.4 is 15.1 Å². The van der Waals surface area contributed by atoms with Gasteiger partial charge in [-0.25, -0.2) is 0 Å². The number of hydrogen-bond donors (Lipinski definition) is 0. The van der Waals surface area contributed by atoms with E-state index in [0.29, 0.717) is 0 Å². The fraction of sp³-hybridized carbons (Fsp3) is 0.400. The highest BCUT2D eigenvalue weighted by molar-refractivity contribution is 5.68. The van der Waals surface area contributed by atoms with Gasteiger partial charge >= 0.3 is 0 Å². The zero-order chi connectivity index (χ0) is 19.1. The number of pyridine rings is 1. The summed E-state index contributed by atoms with van der Waals surface area (Å²) in [5, 5.41) is 2.57. The predicted molar refractivity (Wildman–Crippen MR) is 112 cm³/mol. The second-order valence-electron chi connectivity index (χ2n) is 8.54. The Morgan fingerprint density at radius 1 is 1.15 bits per heavy atom. The maximum Gasteiger partial charge on any atom is 0.214 e. The van der Waals surface area contributed by atoms with E-state index in [2.05, 4.69) is 89.1 Å². The zero-order valence-electron chi connectivity index (χ0n) is 17.2. The van der Waals surface area contributed by atoms with Crippen LogP contribution >= 0.6 is 0 Å². The van der Waals surface area contributed by atoms with Gasteiger partial charge in [-0.05, 0) is 68.0 Å². The lowest BCUT2D eigenvalue weighted by atomic mass is 9.88. The van der Waals surface area contributed by atoms with Gasteiger partial charge in [0.25, 0.3) is 0 Å². The molecule has 0 radical (unpaired) electrons. The van der Waals surface area contributed by atoms with Gasteiger partial charge in [-0.2, -0.15) is 4.57 Å². The maximum atomic E-state index is 3.92. The number of rotatable bonds is 4. The third-order valence-electron chi connectivity index (χ3n) is 5.50. The Bertz CT molecular complexity index is 974. The molecule has 0 N–H and O–H groups in total. The van der Waals surface area contributed by atoms with Gasteiger partial charge in [0, 0.05) is 30.7 Å². The molecule has 0 bridgehead atoms. The molecule has 0 atom stereocenters. The molecule has 0 saturated heterocycles. The van der Waals surface area contributed by atoms with E-state index in [0.717, 1.165) is 12.3 Å². The lowest BCUT2D eigenvalue weighted by Gasteiger charge is -2.18. The minimum absolute atomic E-state index is 0.0584. The Labute approximate surface area is 158 Å². The summed E-state index contributed by atoms with van der Waals surface area (Å²) in [6, 6.07) is 9.18. The van der Waals surface area contributed by atoms with Crippen molar-refractivity contribution in [1.82, 2.24) is 0 Å². The number of benzene rings is 1. The van der Waals surface area contributed by atoms with E-state index in [9.17, 15) is 0 Å². The van der Waals surface area contributed by atoms with Crippen LogP contribution in [0.3, 0.4) is 0 Å². The van der Waals surface area contributed by atoms with E-state index in [1.54, 1.807) is 0 Å². The van der Waals surface area contributed by atoms with E-state index in [-0.39, 0.29) is 5.54 Å². The topological polar surface area (TPSA) is 3.88 Å². The number of aromatic nitrogens is 1. The Kier molecular flexibility index (Phi) is 4.92. The van der Waals surface area contributed by atoms with Crippen LogP contribution in [0.15, 0.2) is 36.9 Å². The molecular weight excluding hydrogens is 314 g/mol. The molecule has 1 aromatic carbocycles. The minimum atomic E-state index is -0.0584. The van der Waals surface area contributed by atoms with Crippen LogP contribution in [0.5, 0.6) is 0 Å². The Morgan fingerprint density at radius 3 is 2.54 bits per heavy atom. The first kappa shape index (κ1) is 18.6. The molecule has 1 aliphatic rings. The number of fused-ring (bicyclic) bond motifs is 3. The van der Waals surface area contributed by atoms with E-state index < -0.39 is 0 Å². The first-order valence-corrected chi connectivity index (χ1v) is 9.78. The molecule has 0 unspecified atom stereocenters. The summed E-state index contributed by atoms with van der Waals surface area (Å²) in [4.78, 5) is 0. The van der Waals surface area contributed by atoms with E-state index in [1.165, 1.54) is 44.9 Å². The van der Waals surface area contributed by atoms with Crippen LogP contribution in [0.4, 0.5) is 0 Å². The van der Waals surface area contributed by atoms with Crippen LogP contribution in [-0.4, -0.2) is 0 Å². The first-order valence-electron chi connectivity index (χ1n) is 9.78. The number of aryl methyl sites for hydroxylation is 2. The molecule has 2 heterocycles. The van der Waals surface area contributed by atoms with Crippen molar-refractivity contribution in [3.8, 4) is 11.3 Å². The number of nitrogens with zero attached hydrogens (tertiary/aromatic N) is 1. The fourth-order valence-electron chi connectivity index (χ4n) is 4.52. The average molecular weight is 347 g/mol. The molecule has 0 aliphatic carbocycles. The van der Waals surface area contributed by atoms with Crippen molar-refractivity contribution in [3.05, 3.63) is 64.2 Å². The minimum Gasteiger partial charge on any atom is -0.182 e. The van der Waals surface area contributed by atoms with Crippen molar-refractivity contribution >= 4 is 12.2 Å². The van der Waals surface area contributed by atoms with Gasteiger partial charge in [-0.1, -0.05) is 32.6 Å². The van der Waals surface area contributed by atoms with Crippen LogP contribution in [0, 0.1) is 19.8 Å². The van der Waals surface area contributed by atoms with Crippen LogP contribution in [0.25, 0.3) is 23.4 Å². The summed E-state index contributed by atoms with van der Waals surface area (Å²) in [6.07, 6.45) is 8.76. The monoisotopic (exact) mass is 346 g/mol. The van der Waals surface area contributed by atoms with Gasteiger partial charge in [0.2, 0.25) is 11.0 Å². The highest BCUT2D eigenvalue weighted by Crippen LogP contribution is 2.38. The first-order chi connectivity index (χ1) is 12.3. The molecule has 2 aromatic rings. The van der Waals surface area contributed by atoms with E-state index in [4.69, 9.17) is 0 Å². The van der Waals surface area contributed by atoms with Gasteiger partial charge in [0.1, 0.15) is 0 Å². The highest BCUT2D eigenvalue weighted by atomic mass is 15.1. The summed E-state index contributed by atoms with van der Waals surface area (Å²) in [5.41, 5.74) is 6.83. The Hall–Kier alpha value is -2.15. The maximum absolute atomic E-state index is 3.92. The molecule has 1 heteroatoms. The average Bonchev–Trinajstić information content (AvgIpc) is 2.76. The van der Waals surface area contributed by atoms with E-state index in [1.807, 2.05) is 6.08 Å².